The fourth-order valence-corrected chi connectivity index (χ4v) is 2.54. The molecule has 0 aliphatic rings. The average molecular weight is 302 g/mol. The van der Waals surface area contributed by atoms with Gasteiger partial charge in [0.15, 0.2) is 0 Å². The summed E-state index contributed by atoms with van der Waals surface area (Å²) in [6, 6.07) is 7.75. The normalized spacial score (nSPS) is 11.0. The molecule has 0 amide bonds. The highest BCUT2D eigenvalue weighted by Gasteiger charge is 2.12. The Morgan fingerprint density at radius 3 is 2.76 bits per heavy atom. The molecule has 0 bridgehead atoms. The van der Waals surface area contributed by atoms with Gasteiger partial charge in [0.2, 0.25) is 0 Å². The Hall–Kier alpha value is -2.27. The Labute approximate surface area is 127 Å². The van der Waals surface area contributed by atoms with Crippen LogP contribution in [0.25, 0.3) is 11.1 Å². The maximum absolute atomic E-state index is 6.27. The van der Waals surface area contributed by atoms with E-state index in [1.54, 1.807) is 4.68 Å². The predicted molar refractivity (Wildman–Crippen MR) is 84.1 cm³/mol. The van der Waals surface area contributed by atoms with Gasteiger partial charge in [0.05, 0.1) is 29.2 Å². The van der Waals surface area contributed by atoms with E-state index in [-0.39, 0.29) is 0 Å². The van der Waals surface area contributed by atoms with E-state index in [2.05, 4.69) is 10.2 Å². The summed E-state index contributed by atoms with van der Waals surface area (Å²) < 4.78 is 3.64. The van der Waals surface area contributed by atoms with Crippen molar-refractivity contribution in [3.05, 3.63) is 53.1 Å². The number of halogens is 1. The summed E-state index contributed by atoms with van der Waals surface area (Å²) in [5.41, 5.74) is 10.4. The fraction of sp³-hybridized carbons (Fsp3) is 0.200. The first-order chi connectivity index (χ1) is 10.0. The van der Waals surface area contributed by atoms with Crippen LogP contribution in [0.2, 0.25) is 5.02 Å². The van der Waals surface area contributed by atoms with Crippen molar-refractivity contribution in [2.75, 3.05) is 5.73 Å². The quantitative estimate of drug-likeness (QED) is 0.757. The van der Waals surface area contributed by atoms with Crippen LogP contribution < -0.4 is 5.73 Å². The molecule has 2 aromatic heterocycles. The van der Waals surface area contributed by atoms with Crippen LogP contribution in [0.1, 0.15) is 11.4 Å². The van der Waals surface area contributed by atoms with Crippen molar-refractivity contribution >= 4 is 17.3 Å². The van der Waals surface area contributed by atoms with Gasteiger partial charge in [-0.15, -0.1) is 0 Å². The minimum Gasteiger partial charge on any atom is -0.399 e. The lowest BCUT2D eigenvalue weighted by Gasteiger charge is -2.03. The van der Waals surface area contributed by atoms with Gasteiger partial charge in [-0.1, -0.05) is 23.7 Å². The molecule has 0 spiro atoms. The van der Waals surface area contributed by atoms with E-state index in [0.29, 0.717) is 11.6 Å². The van der Waals surface area contributed by atoms with Gasteiger partial charge >= 0.3 is 0 Å². The van der Waals surface area contributed by atoms with E-state index in [9.17, 15) is 0 Å². The van der Waals surface area contributed by atoms with Crippen LogP contribution in [-0.4, -0.2) is 19.6 Å². The van der Waals surface area contributed by atoms with Crippen molar-refractivity contribution in [3.63, 3.8) is 0 Å². The molecule has 0 unspecified atom stereocenters. The van der Waals surface area contributed by atoms with Gasteiger partial charge < -0.3 is 5.73 Å². The van der Waals surface area contributed by atoms with Crippen molar-refractivity contribution in [2.45, 2.75) is 13.5 Å². The summed E-state index contributed by atoms with van der Waals surface area (Å²) in [5.74, 6) is 0. The third-order valence-corrected chi connectivity index (χ3v) is 3.92. The number of hydrogen-bond donors (Lipinski definition) is 1. The third-order valence-electron chi connectivity index (χ3n) is 3.43. The zero-order valence-corrected chi connectivity index (χ0v) is 12.7. The molecule has 0 aliphatic heterocycles. The molecule has 5 nitrogen and oxygen atoms in total. The number of benzene rings is 1. The Morgan fingerprint density at radius 1 is 1.29 bits per heavy atom. The van der Waals surface area contributed by atoms with Crippen molar-refractivity contribution in [1.29, 1.82) is 0 Å². The highest BCUT2D eigenvalue weighted by atomic mass is 35.5. The summed E-state index contributed by atoms with van der Waals surface area (Å²) in [6.45, 7) is 2.48. The molecule has 21 heavy (non-hydrogen) atoms. The maximum atomic E-state index is 6.27. The van der Waals surface area contributed by atoms with E-state index >= 15 is 0 Å². The molecule has 6 heteroatoms. The molecule has 0 saturated carbocycles. The second-order valence-corrected chi connectivity index (χ2v) is 5.40. The highest BCUT2D eigenvalue weighted by molar-refractivity contribution is 6.31. The minimum atomic E-state index is 0.582. The number of rotatable bonds is 3. The average Bonchev–Trinajstić information content (AvgIpc) is 3.00. The second-order valence-electron chi connectivity index (χ2n) is 5.02. The molecular formula is C15H16ClN5. The molecule has 0 radical (unpaired) electrons. The third kappa shape index (κ3) is 2.64. The number of hydrogen-bond acceptors (Lipinski definition) is 3. The lowest BCUT2D eigenvalue weighted by Crippen LogP contribution is -2.06. The smallest absolute Gasteiger partial charge is 0.0866 e. The number of anilines is 1. The maximum Gasteiger partial charge on any atom is 0.0866 e. The Bertz CT molecular complexity index is 787. The van der Waals surface area contributed by atoms with Gasteiger partial charge in [0.1, 0.15) is 0 Å². The summed E-state index contributed by atoms with van der Waals surface area (Å²) >= 11 is 6.27. The lowest BCUT2D eigenvalue weighted by atomic mass is 10.1. The van der Waals surface area contributed by atoms with Crippen LogP contribution in [0.3, 0.4) is 0 Å². The molecule has 3 rings (SSSR count). The largest absolute Gasteiger partial charge is 0.399 e. The number of nitrogen functional groups attached to an aromatic ring is 1. The SMILES string of the molecule is Cc1nn(C)c(Cn2cc(-c3cccc(N)c3)cn2)c1Cl. The van der Waals surface area contributed by atoms with E-state index in [1.165, 1.54) is 0 Å². The van der Waals surface area contributed by atoms with Gasteiger partial charge in [-0.3, -0.25) is 9.36 Å². The van der Waals surface area contributed by atoms with E-state index in [0.717, 1.165) is 28.2 Å². The molecule has 0 aliphatic carbocycles. The number of aryl methyl sites for hydroxylation is 2. The van der Waals surface area contributed by atoms with Crippen molar-refractivity contribution in [3.8, 4) is 11.1 Å². The zero-order valence-electron chi connectivity index (χ0n) is 11.9. The van der Waals surface area contributed by atoms with Gasteiger partial charge in [0.25, 0.3) is 0 Å². The summed E-state index contributed by atoms with van der Waals surface area (Å²) in [5, 5.41) is 9.39. The van der Waals surface area contributed by atoms with Crippen LogP contribution in [-0.2, 0) is 13.6 Å². The fourth-order valence-electron chi connectivity index (χ4n) is 2.32. The predicted octanol–water partition coefficient (Wildman–Crippen LogP) is 2.88. The topological polar surface area (TPSA) is 61.7 Å². The Kier molecular flexibility index (Phi) is 3.43. The van der Waals surface area contributed by atoms with Crippen LogP contribution in [0.5, 0.6) is 0 Å². The van der Waals surface area contributed by atoms with E-state index in [4.69, 9.17) is 17.3 Å². The summed E-state index contributed by atoms with van der Waals surface area (Å²) in [7, 11) is 1.89. The van der Waals surface area contributed by atoms with Crippen molar-refractivity contribution in [1.82, 2.24) is 19.6 Å². The van der Waals surface area contributed by atoms with E-state index in [1.807, 2.05) is 55.3 Å². The molecule has 108 valence electrons. The monoisotopic (exact) mass is 301 g/mol. The van der Waals surface area contributed by atoms with Gasteiger partial charge in [-0.25, -0.2) is 0 Å². The van der Waals surface area contributed by atoms with Crippen LogP contribution in [0.4, 0.5) is 5.69 Å². The van der Waals surface area contributed by atoms with Crippen LogP contribution in [0.15, 0.2) is 36.7 Å². The van der Waals surface area contributed by atoms with Crippen LogP contribution in [0, 0.1) is 6.92 Å². The molecule has 0 atom stereocenters. The number of aromatic nitrogens is 4. The first-order valence-corrected chi connectivity index (χ1v) is 6.98. The zero-order chi connectivity index (χ0) is 15.0. The van der Waals surface area contributed by atoms with Crippen molar-refractivity contribution < 1.29 is 0 Å². The molecule has 0 saturated heterocycles. The van der Waals surface area contributed by atoms with Crippen molar-refractivity contribution in [2.24, 2.45) is 7.05 Å². The standard InChI is InChI=1S/C15H16ClN5/c1-10-15(16)14(20(2)19-10)9-21-8-12(7-18-21)11-4-3-5-13(17)6-11/h3-8H,9,17H2,1-2H3. The Balaban J connectivity index is 1.89. The first kappa shape index (κ1) is 13.7. The summed E-state index contributed by atoms with van der Waals surface area (Å²) in [6.07, 6.45) is 3.80. The molecule has 1 aromatic carbocycles. The number of nitrogens with two attached hydrogens (primary N) is 1. The molecule has 2 N–H and O–H groups in total. The van der Waals surface area contributed by atoms with Crippen LogP contribution >= 0.6 is 11.6 Å². The Morgan fingerprint density at radius 2 is 2.10 bits per heavy atom. The minimum absolute atomic E-state index is 0.582. The molecule has 0 fully saturated rings. The van der Waals surface area contributed by atoms with Gasteiger partial charge in [0, 0.05) is 24.5 Å². The summed E-state index contributed by atoms with van der Waals surface area (Å²) in [4.78, 5) is 0. The number of nitrogens with zero attached hydrogens (tertiary/aromatic N) is 4. The molecular weight excluding hydrogens is 286 g/mol. The van der Waals surface area contributed by atoms with Gasteiger partial charge in [-0.2, -0.15) is 10.2 Å². The lowest BCUT2D eigenvalue weighted by molar-refractivity contribution is 0.619. The second kappa shape index (κ2) is 5.26. The highest BCUT2D eigenvalue weighted by Crippen LogP contribution is 2.23. The van der Waals surface area contributed by atoms with E-state index < -0.39 is 0 Å². The molecule has 3 aromatic rings. The first-order valence-electron chi connectivity index (χ1n) is 6.61. The van der Waals surface area contributed by atoms with Gasteiger partial charge in [-0.05, 0) is 24.6 Å². The molecule has 2 heterocycles.